The molecule has 0 saturated carbocycles. The fourth-order valence-electron chi connectivity index (χ4n) is 4.24. The molecule has 1 aromatic heterocycles. The van der Waals surface area contributed by atoms with Gasteiger partial charge in [0.25, 0.3) is 0 Å². The second kappa shape index (κ2) is 11.2. The van der Waals surface area contributed by atoms with Crippen molar-refractivity contribution in [3.05, 3.63) is 47.3 Å². The van der Waals surface area contributed by atoms with Gasteiger partial charge in [0, 0.05) is 42.5 Å². The molecule has 1 fully saturated rings. The molecule has 1 aromatic carbocycles. The lowest BCUT2D eigenvalue weighted by molar-refractivity contribution is -0.126. The third kappa shape index (κ3) is 6.07. The van der Waals surface area contributed by atoms with Gasteiger partial charge in [-0.1, -0.05) is 13.8 Å². The number of piperidine rings is 1. The van der Waals surface area contributed by atoms with E-state index in [1.54, 1.807) is 30.5 Å². The summed E-state index contributed by atoms with van der Waals surface area (Å²) in [6.45, 7) is 12.4. The molecule has 0 aliphatic carbocycles. The van der Waals surface area contributed by atoms with Gasteiger partial charge in [-0.15, -0.1) is 0 Å². The van der Waals surface area contributed by atoms with E-state index in [1.165, 1.54) is 10.00 Å². The summed E-state index contributed by atoms with van der Waals surface area (Å²) in [6, 6.07) is 8.51. The van der Waals surface area contributed by atoms with Crippen molar-refractivity contribution in [3.63, 3.8) is 0 Å². The van der Waals surface area contributed by atoms with Crippen molar-refractivity contribution in [2.24, 2.45) is 16.9 Å². The summed E-state index contributed by atoms with van der Waals surface area (Å²) >= 11 is 0. The summed E-state index contributed by atoms with van der Waals surface area (Å²) in [5, 5.41) is 4.17. The summed E-state index contributed by atoms with van der Waals surface area (Å²) in [7, 11) is -3.60. The molecule has 3 rings (SSSR count). The molecule has 8 nitrogen and oxygen atoms in total. The third-order valence-corrected chi connectivity index (χ3v) is 8.05. The van der Waals surface area contributed by atoms with Crippen LogP contribution in [0, 0.1) is 25.7 Å². The Hall–Kier alpha value is -2.65. The maximum Gasteiger partial charge on any atom is 0.243 e. The topological polar surface area (TPSA) is 93.0 Å². The fourth-order valence-corrected chi connectivity index (χ4v) is 5.71. The lowest BCUT2D eigenvalue weighted by Gasteiger charge is -2.30. The van der Waals surface area contributed by atoms with Crippen molar-refractivity contribution in [2.75, 3.05) is 19.7 Å². The van der Waals surface area contributed by atoms with E-state index in [4.69, 9.17) is 4.74 Å². The molecule has 1 aliphatic heterocycles. The molecule has 9 heteroatoms. The van der Waals surface area contributed by atoms with Crippen LogP contribution in [0.3, 0.4) is 0 Å². The second-order valence-corrected chi connectivity index (χ2v) is 11.1. The van der Waals surface area contributed by atoms with Crippen LogP contribution in [0.25, 0.3) is 0 Å². The maximum atomic E-state index is 12.9. The van der Waals surface area contributed by atoms with Crippen molar-refractivity contribution < 1.29 is 17.9 Å². The Kier molecular flexibility index (Phi) is 8.54. The van der Waals surface area contributed by atoms with Crippen LogP contribution in [0.5, 0.6) is 5.75 Å². The number of nitrogens with one attached hydrogen (secondary N) is 1. The summed E-state index contributed by atoms with van der Waals surface area (Å²) in [4.78, 5) is 12.8. The SMILES string of the molecule is CCOc1ccc(S(=O)(=O)N2CCC(C(=O)NN=Cc3cc(C)n(CC(C)C)c3C)CC2)cc1. The van der Waals surface area contributed by atoms with Gasteiger partial charge in [0.1, 0.15) is 5.75 Å². The number of amides is 1. The van der Waals surface area contributed by atoms with Gasteiger partial charge < -0.3 is 9.30 Å². The van der Waals surface area contributed by atoms with Gasteiger partial charge >= 0.3 is 0 Å². The minimum absolute atomic E-state index is 0.176. The van der Waals surface area contributed by atoms with Crippen molar-refractivity contribution >= 4 is 22.1 Å². The van der Waals surface area contributed by atoms with E-state index in [9.17, 15) is 13.2 Å². The molecule has 1 aliphatic rings. The molecule has 34 heavy (non-hydrogen) atoms. The van der Waals surface area contributed by atoms with E-state index < -0.39 is 10.0 Å². The highest BCUT2D eigenvalue weighted by atomic mass is 32.2. The highest BCUT2D eigenvalue weighted by molar-refractivity contribution is 7.89. The Morgan fingerprint density at radius 2 is 1.85 bits per heavy atom. The van der Waals surface area contributed by atoms with Crippen LogP contribution in [0.15, 0.2) is 40.3 Å². The van der Waals surface area contributed by atoms with E-state index in [0.717, 1.165) is 17.8 Å². The normalized spacial score (nSPS) is 15.8. The predicted molar refractivity (Wildman–Crippen MR) is 134 cm³/mol. The molecule has 2 aromatic rings. The monoisotopic (exact) mass is 488 g/mol. The number of hydrazone groups is 1. The zero-order valence-electron chi connectivity index (χ0n) is 20.7. The Bertz CT molecular complexity index is 1110. The number of rotatable bonds is 9. The highest BCUT2D eigenvalue weighted by Crippen LogP contribution is 2.25. The van der Waals surface area contributed by atoms with E-state index in [-0.39, 0.29) is 16.7 Å². The van der Waals surface area contributed by atoms with Crippen molar-refractivity contribution in [1.29, 1.82) is 0 Å². The number of sulfonamides is 1. The maximum absolute atomic E-state index is 12.9. The van der Waals surface area contributed by atoms with Crippen LogP contribution in [-0.4, -0.2) is 49.1 Å². The predicted octanol–water partition coefficient (Wildman–Crippen LogP) is 3.71. The standard InChI is InChI=1S/C25H36N4O4S/c1-6-33-23-7-9-24(10-8-23)34(31,32)28-13-11-21(12-14-28)25(30)27-26-16-22-15-19(4)29(20(22)5)17-18(2)3/h7-10,15-16,18,21H,6,11-14,17H2,1-5H3,(H,27,30). The van der Waals surface area contributed by atoms with Crippen LogP contribution in [0.1, 0.15) is 50.6 Å². The Balaban J connectivity index is 1.54. The van der Waals surface area contributed by atoms with Crippen molar-refractivity contribution in [2.45, 2.75) is 58.9 Å². The first kappa shape index (κ1) is 26.0. The minimum Gasteiger partial charge on any atom is -0.494 e. The number of aromatic nitrogens is 1. The molecule has 1 N–H and O–H groups in total. The average molecular weight is 489 g/mol. The Morgan fingerprint density at radius 3 is 2.44 bits per heavy atom. The van der Waals surface area contributed by atoms with E-state index >= 15 is 0 Å². The fraction of sp³-hybridized carbons (Fsp3) is 0.520. The van der Waals surface area contributed by atoms with Gasteiger partial charge in [0.05, 0.1) is 17.7 Å². The third-order valence-electron chi connectivity index (χ3n) is 6.14. The van der Waals surface area contributed by atoms with Gasteiger partial charge in [-0.3, -0.25) is 4.79 Å². The van der Waals surface area contributed by atoms with Crippen LogP contribution in [-0.2, 0) is 21.4 Å². The summed E-state index contributed by atoms with van der Waals surface area (Å²) in [6.07, 6.45) is 2.60. The van der Waals surface area contributed by atoms with Crippen molar-refractivity contribution in [3.8, 4) is 5.75 Å². The quantitative estimate of drug-likeness (QED) is 0.430. The van der Waals surface area contributed by atoms with Crippen LogP contribution in [0.2, 0.25) is 0 Å². The first-order valence-electron chi connectivity index (χ1n) is 11.9. The first-order chi connectivity index (χ1) is 16.1. The lowest BCUT2D eigenvalue weighted by Crippen LogP contribution is -2.42. The number of hydrogen-bond donors (Lipinski definition) is 1. The molecule has 186 valence electrons. The number of carbonyl (C=O) groups is 1. The zero-order valence-corrected chi connectivity index (χ0v) is 21.6. The van der Waals surface area contributed by atoms with E-state index in [1.807, 2.05) is 6.92 Å². The molecule has 1 saturated heterocycles. The smallest absolute Gasteiger partial charge is 0.243 e. The van der Waals surface area contributed by atoms with E-state index in [2.05, 4.69) is 48.9 Å². The molecule has 0 radical (unpaired) electrons. The number of carbonyl (C=O) groups excluding carboxylic acids is 1. The number of hydrogen-bond acceptors (Lipinski definition) is 5. The average Bonchev–Trinajstić information content (AvgIpc) is 3.07. The van der Waals surface area contributed by atoms with Gasteiger partial charge in [0.15, 0.2) is 0 Å². The second-order valence-electron chi connectivity index (χ2n) is 9.15. The van der Waals surface area contributed by atoms with Crippen LogP contribution < -0.4 is 10.2 Å². The number of nitrogens with zero attached hydrogens (tertiary/aromatic N) is 3. The van der Waals surface area contributed by atoms with Crippen LogP contribution >= 0.6 is 0 Å². The molecule has 0 atom stereocenters. The molecule has 0 spiro atoms. The van der Waals surface area contributed by atoms with Gasteiger partial charge in [-0.05, 0) is 69.9 Å². The van der Waals surface area contributed by atoms with Gasteiger partial charge in [-0.2, -0.15) is 9.41 Å². The molecular weight excluding hydrogens is 452 g/mol. The number of aryl methyl sites for hydroxylation is 1. The lowest BCUT2D eigenvalue weighted by atomic mass is 9.98. The Labute approximate surface area is 203 Å². The summed E-state index contributed by atoms with van der Waals surface area (Å²) < 4.78 is 35.0. The van der Waals surface area contributed by atoms with Crippen molar-refractivity contribution in [1.82, 2.24) is 14.3 Å². The largest absolute Gasteiger partial charge is 0.494 e. The first-order valence-corrected chi connectivity index (χ1v) is 13.3. The molecular formula is C25H36N4O4S. The number of ether oxygens (including phenoxy) is 1. The highest BCUT2D eigenvalue weighted by Gasteiger charge is 2.32. The minimum atomic E-state index is -3.60. The molecule has 0 unspecified atom stereocenters. The number of benzene rings is 1. The van der Waals surface area contributed by atoms with Gasteiger partial charge in [-0.25, -0.2) is 13.8 Å². The molecule has 0 bridgehead atoms. The van der Waals surface area contributed by atoms with Gasteiger partial charge in [0.2, 0.25) is 15.9 Å². The van der Waals surface area contributed by atoms with Crippen LogP contribution in [0.4, 0.5) is 0 Å². The zero-order chi connectivity index (χ0) is 24.9. The summed E-state index contributed by atoms with van der Waals surface area (Å²) in [5.41, 5.74) is 5.91. The van der Waals surface area contributed by atoms with E-state index in [0.29, 0.717) is 44.2 Å². The molecule has 1 amide bonds. The molecule has 2 heterocycles. The Morgan fingerprint density at radius 1 is 1.21 bits per heavy atom. The summed E-state index contributed by atoms with van der Waals surface area (Å²) in [5.74, 6) is 0.736.